The number of carbonyl (C=O) groups excluding carboxylic acids is 1. The third kappa shape index (κ3) is 2.15. The zero-order valence-electron chi connectivity index (χ0n) is 10.1. The van der Waals surface area contributed by atoms with Crippen LogP contribution in [0.3, 0.4) is 0 Å². The first-order valence-corrected chi connectivity index (χ1v) is 7.17. The third-order valence-corrected chi connectivity index (χ3v) is 4.60. The van der Waals surface area contributed by atoms with E-state index >= 15 is 0 Å². The Hall–Kier alpha value is -0.980. The number of amides is 1. The van der Waals surface area contributed by atoms with Crippen LogP contribution >= 0.6 is 11.3 Å². The highest BCUT2D eigenvalue weighted by Crippen LogP contribution is 2.36. The number of aromatic nitrogens is 1. The molecule has 2 unspecified atom stereocenters. The predicted octanol–water partition coefficient (Wildman–Crippen LogP) is 1.04. The molecular weight excluding hydrogens is 250 g/mol. The van der Waals surface area contributed by atoms with E-state index in [1.54, 1.807) is 5.38 Å². The summed E-state index contributed by atoms with van der Waals surface area (Å²) >= 11 is 1.43. The van der Waals surface area contributed by atoms with Gasteiger partial charge in [0.15, 0.2) is 0 Å². The molecule has 0 aromatic carbocycles. The Morgan fingerprint density at radius 1 is 1.72 bits per heavy atom. The van der Waals surface area contributed by atoms with Gasteiger partial charge in [0.1, 0.15) is 10.7 Å². The van der Waals surface area contributed by atoms with Crippen LogP contribution in [0.1, 0.15) is 41.2 Å². The van der Waals surface area contributed by atoms with Gasteiger partial charge in [-0.3, -0.25) is 4.79 Å². The summed E-state index contributed by atoms with van der Waals surface area (Å²) in [5.74, 6) is -0.0999. The van der Waals surface area contributed by atoms with Crippen LogP contribution in [0.25, 0.3) is 0 Å². The standard InChI is InChI=1S/C12H17N3O2S/c13-5-10-14-9(6-18-10)11(16)15-12-3-1-2-8(4-12)17-7-12/h6,8H,1-5,7,13H2,(H,15,16). The van der Waals surface area contributed by atoms with Crippen molar-refractivity contribution in [2.45, 2.75) is 43.9 Å². The second-order valence-corrected chi connectivity index (χ2v) is 6.04. The van der Waals surface area contributed by atoms with Gasteiger partial charge in [0.2, 0.25) is 0 Å². The van der Waals surface area contributed by atoms with Gasteiger partial charge in [0, 0.05) is 11.9 Å². The van der Waals surface area contributed by atoms with Crippen LogP contribution in [0.2, 0.25) is 0 Å². The summed E-state index contributed by atoms with van der Waals surface area (Å²) in [5, 5.41) is 5.68. The second kappa shape index (κ2) is 4.60. The molecule has 0 radical (unpaired) electrons. The average molecular weight is 267 g/mol. The largest absolute Gasteiger partial charge is 0.376 e. The summed E-state index contributed by atoms with van der Waals surface area (Å²) in [5.41, 5.74) is 5.82. The molecule has 1 aliphatic carbocycles. The van der Waals surface area contributed by atoms with E-state index in [9.17, 15) is 4.79 Å². The van der Waals surface area contributed by atoms with Crippen LogP contribution < -0.4 is 11.1 Å². The zero-order valence-corrected chi connectivity index (χ0v) is 11.0. The molecule has 1 aromatic rings. The van der Waals surface area contributed by atoms with Crippen molar-refractivity contribution >= 4 is 17.2 Å². The molecule has 2 fully saturated rings. The van der Waals surface area contributed by atoms with Crippen LogP contribution in [0.4, 0.5) is 0 Å². The molecule has 98 valence electrons. The first kappa shape index (κ1) is 12.1. The summed E-state index contributed by atoms with van der Waals surface area (Å²) in [7, 11) is 0. The third-order valence-electron chi connectivity index (χ3n) is 3.73. The maximum atomic E-state index is 12.2. The molecule has 5 nitrogen and oxygen atoms in total. The van der Waals surface area contributed by atoms with Gasteiger partial charge in [-0.05, 0) is 25.7 Å². The summed E-state index contributed by atoms with van der Waals surface area (Å²) in [6, 6.07) is 0. The van der Waals surface area contributed by atoms with Gasteiger partial charge in [0.25, 0.3) is 5.91 Å². The van der Waals surface area contributed by atoms with Crippen LogP contribution in [0.15, 0.2) is 5.38 Å². The quantitative estimate of drug-likeness (QED) is 0.858. The van der Waals surface area contributed by atoms with E-state index in [2.05, 4.69) is 10.3 Å². The lowest BCUT2D eigenvalue weighted by atomic mass is 9.83. The topological polar surface area (TPSA) is 77.2 Å². The molecule has 0 spiro atoms. The Balaban J connectivity index is 1.70. The average Bonchev–Trinajstić information content (AvgIpc) is 2.95. The molecular formula is C12H17N3O2S. The summed E-state index contributed by atoms with van der Waals surface area (Å²) in [6.07, 6.45) is 4.51. The smallest absolute Gasteiger partial charge is 0.271 e. The monoisotopic (exact) mass is 267 g/mol. The highest BCUT2D eigenvalue weighted by molar-refractivity contribution is 7.09. The van der Waals surface area contributed by atoms with Crippen molar-refractivity contribution < 1.29 is 9.53 Å². The van der Waals surface area contributed by atoms with Gasteiger partial charge >= 0.3 is 0 Å². The lowest BCUT2D eigenvalue weighted by Crippen LogP contribution is -2.50. The number of rotatable bonds is 3. The molecule has 3 N–H and O–H groups in total. The normalized spacial score (nSPS) is 30.4. The van der Waals surface area contributed by atoms with Crippen molar-refractivity contribution in [3.63, 3.8) is 0 Å². The first-order chi connectivity index (χ1) is 8.71. The van der Waals surface area contributed by atoms with Crippen molar-refractivity contribution in [1.29, 1.82) is 0 Å². The van der Waals surface area contributed by atoms with Crippen molar-refractivity contribution in [3.05, 3.63) is 16.1 Å². The lowest BCUT2D eigenvalue weighted by molar-refractivity contribution is 0.0863. The fourth-order valence-corrected chi connectivity index (χ4v) is 3.48. The molecule has 2 atom stereocenters. The number of nitrogens with two attached hydrogens (primary N) is 1. The maximum absolute atomic E-state index is 12.2. The molecule has 1 saturated heterocycles. The Labute approximate surface area is 110 Å². The van der Waals surface area contributed by atoms with Crippen LogP contribution in [-0.4, -0.2) is 29.1 Å². The van der Waals surface area contributed by atoms with E-state index in [0.29, 0.717) is 24.9 Å². The van der Waals surface area contributed by atoms with Gasteiger partial charge in [-0.2, -0.15) is 0 Å². The molecule has 1 saturated carbocycles. The van der Waals surface area contributed by atoms with Gasteiger partial charge in [-0.15, -0.1) is 11.3 Å². The number of nitrogens with one attached hydrogen (secondary N) is 1. The van der Waals surface area contributed by atoms with Crippen molar-refractivity contribution in [1.82, 2.24) is 10.3 Å². The Morgan fingerprint density at radius 2 is 2.61 bits per heavy atom. The highest BCUT2D eigenvalue weighted by atomic mass is 32.1. The van der Waals surface area contributed by atoms with Gasteiger partial charge in [0.05, 0.1) is 18.2 Å². The summed E-state index contributed by atoms with van der Waals surface area (Å²) in [6.45, 7) is 1.02. The van der Waals surface area contributed by atoms with Gasteiger partial charge in [-0.1, -0.05) is 0 Å². The predicted molar refractivity (Wildman–Crippen MR) is 68.4 cm³/mol. The Bertz CT molecular complexity index is 458. The van der Waals surface area contributed by atoms with E-state index in [1.165, 1.54) is 11.3 Å². The van der Waals surface area contributed by atoms with Gasteiger partial charge < -0.3 is 15.8 Å². The summed E-state index contributed by atoms with van der Waals surface area (Å²) < 4.78 is 5.69. The number of hydrogen-bond acceptors (Lipinski definition) is 5. The highest BCUT2D eigenvalue weighted by Gasteiger charge is 2.44. The molecule has 3 rings (SSSR count). The maximum Gasteiger partial charge on any atom is 0.271 e. The number of carbonyl (C=O) groups is 1. The lowest BCUT2D eigenvalue weighted by Gasteiger charge is -2.31. The van der Waals surface area contributed by atoms with Crippen LogP contribution in [0, 0.1) is 0 Å². The molecule has 2 bridgehead atoms. The zero-order chi connectivity index (χ0) is 12.6. The van der Waals surface area contributed by atoms with E-state index in [4.69, 9.17) is 10.5 Å². The fraction of sp³-hybridized carbons (Fsp3) is 0.667. The van der Waals surface area contributed by atoms with E-state index in [-0.39, 0.29) is 11.4 Å². The van der Waals surface area contributed by atoms with E-state index in [1.807, 2.05) is 0 Å². The molecule has 2 aliphatic rings. The fourth-order valence-electron chi connectivity index (χ4n) is 2.82. The number of thiazole rings is 1. The SMILES string of the molecule is NCc1nc(C(=O)NC23CCCC(C2)OC3)cs1. The minimum atomic E-state index is -0.160. The molecule has 1 aliphatic heterocycles. The van der Waals surface area contributed by atoms with Gasteiger partial charge in [-0.25, -0.2) is 4.98 Å². The number of fused-ring (bicyclic) bond motifs is 2. The van der Waals surface area contributed by atoms with Crippen LogP contribution in [-0.2, 0) is 11.3 Å². The van der Waals surface area contributed by atoms with Crippen molar-refractivity contribution in [2.75, 3.05) is 6.61 Å². The van der Waals surface area contributed by atoms with E-state index < -0.39 is 0 Å². The number of hydrogen-bond donors (Lipinski definition) is 2. The first-order valence-electron chi connectivity index (χ1n) is 6.29. The Morgan fingerprint density at radius 3 is 3.39 bits per heavy atom. The minimum Gasteiger partial charge on any atom is -0.376 e. The Kier molecular flexibility index (Phi) is 3.09. The van der Waals surface area contributed by atoms with Crippen LogP contribution in [0.5, 0.6) is 0 Å². The van der Waals surface area contributed by atoms with Crippen molar-refractivity contribution in [3.8, 4) is 0 Å². The molecule has 1 aromatic heterocycles. The molecule has 6 heteroatoms. The number of ether oxygens (including phenoxy) is 1. The van der Waals surface area contributed by atoms with E-state index in [0.717, 1.165) is 30.7 Å². The van der Waals surface area contributed by atoms with Crippen molar-refractivity contribution in [2.24, 2.45) is 5.73 Å². The summed E-state index contributed by atoms with van der Waals surface area (Å²) in [4.78, 5) is 16.4. The second-order valence-electron chi connectivity index (χ2n) is 5.09. The molecule has 1 amide bonds. The number of nitrogens with zero attached hydrogens (tertiary/aromatic N) is 1. The molecule has 18 heavy (non-hydrogen) atoms. The minimum absolute atomic E-state index is 0.0999. The molecule has 2 heterocycles.